The van der Waals surface area contributed by atoms with E-state index >= 15 is 0 Å². The third-order valence-corrected chi connectivity index (χ3v) is 7.24. The van der Waals surface area contributed by atoms with Crippen LogP contribution in [0.1, 0.15) is 34.9 Å². The van der Waals surface area contributed by atoms with Crippen molar-refractivity contribution in [2.75, 3.05) is 58.3 Å². The van der Waals surface area contributed by atoms with Crippen LogP contribution >= 0.6 is 0 Å². The van der Waals surface area contributed by atoms with Gasteiger partial charge in [0.15, 0.2) is 11.5 Å². The van der Waals surface area contributed by atoms with Crippen LogP contribution in [-0.2, 0) is 0 Å². The second kappa shape index (κ2) is 10.6. The number of urea groups is 1. The molecule has 38 heavy (non-hydrogen) atoms. The van der Waals surface area contributed by atoms with Crippen molar-refractivity contribution < 1.29 is 22.8 Å². The highest BCUT2D eigenvalue weighted by atomic mass is 19.1. The molecule has 0 N–H and O–H groups in total. The Balaban J connectivity index is 1.23. The predicted molar refractivity (Wildman–Crippen MR) is 133 cm³/mol. The molecule has 2 atom stereocenters. The summed E-state index contributed by atoms with van der Waals surface area (Å²) in [6.45, 7) is 2.35. The molecule has 1 aromatic heterocycles. The van der Waals surface area contributed by atoms with Crippen LogP contribution in [0.4, 0.5) is 23.9 Å². The highest BCUT2D eigenvalue weighted by Crippen LogP contribution is 2.30. The molecular weight excluding hydrogens is 501 g/mol. The molecule has 2 aromatic rings. The monoisotopic (exact) mass is 530 g/mol. The van der Waals surface area contributed by atoms with Gasteiger partial charge in [-0.3, -0.25) is 4.79 Å². The van der Waals surface area contributed by atoms with Gasteiger partial charge >= 0.3 is 6.03 Å². The highest BCUT2D eigenvalue weighted by molar-refractivity contribution is 5.93. The fourth-order valence-electron chi connectivity index (χ4n) is 5.04. The summed E-state index contributed by atoms with van der Waals surface area (Å²) in [7, 11) is 3.90. The number of hydrazone groups is 1. The van der Waals surface area contributed by atoms with E-state index < -0.39 is 29.4 Å². The fourth-order valence-corrected chi connectivity index (χ4v) is 5.04. The van der Waals surface area contributed by atoms with E-state index in [1.165, 1.54) is 17.1 Å². The van der Waals surface area contributed by atoms with E-state index in [2.05, 4.69) is 15.1 Å². The van der Waals surface area contributed by atoms with E-state index in [4.69, 9.17) is 0 Å². The van der Waals surface area contributed by atoms with E-state index in [0.717, 1.165) is 18.7 Å². The molecular formula is C25H29F3N8O2. The van der Waals surface area contributed by atoms with Crippen molar-refractivity contribution in [3.8, 4) is 0 Å². The second-order valence-electron chi connectivity index (χ2n) is 9.88. The van der Waals surface area contributed by atoms with Gasteiger partial charge in [0, 0.05) is 64.0 Å². The summed E-state index contributed by atoms with van der Waals surface area (Å²) < 4.78 is 42.0. The molecule has 0 saturated carbocycles. The summed E-state index contributed by atoms with van der Waals surface area (Å²) in [5.41, 5.74) is 0.0725. The summed E-state index contributed by atoms with van der Waals surface area (Å²) >= 11 is 0. The quantitative estimate of drug-likeness (QED) is 0.603. The van der Waals surface area contributed by atoms with E-state index in [-0.39, 0.29) is 23.7 Å². The lowest BCUT2D eigenvalue weighted by atomic mass is 10.0. The fraction of sp³-hybridized carbons (Fsp3) is 0.480. The Labute approximate surface area is 218 Å². The first kappa shape index (κ1) is 25.9. The number of nitrogens with zero attached hydrogens (tertiary/aromatic N) is 8. The molecule has 0 spiro atoms. The molecule has 202 valence electrons. The van der Waals surface area contributed by atoms with Gasteiger partial charge in [-0.05, 0) is 38.2 Å². The minimum absolute atomic E-state index is 0.216. The minimum Gasteiger partial charge on any atom is -0.337 e. The number of aromatic nitrogens is 2. The molecule has 2 saturated heterocycles. The van der Waals surface area contributed by atoms with Gasteiger partial charge in [-0.25, -0.2) is 32.9 Å². The molecule has 0 unspecified atom stereocenters. The first-order valence-corrected chi connectivity index (χ1v) is 12.5. The van der Waals surface area contributed by atoms with Gasteiger partial charge in [-0.2, -0.15) is 5.10 Å². The van der Waals surface area contributed by atoms with E-state index in [1.807, 2.05) is 19.0 Å². The third-order valence-electron chi connectivity index (χ3n) is 7.24. The van der Waals surface area contributed by atoms with E-state index in [0.29, 0.717) is 51.3 Å². The summed E-state index contributed by atoms with van der Waals surface area (Å²) in [5.74, 6) is -2.44. The van der Waals surface area contributed by atoms with Crippen LogP contribution < -0.4 is 4.90 Å². The van der Waals surface area contributed by atoms with Crippen LogP contribution in [0.2, 0.25) is 0 Å². The Kier molecular flexibility index (Phi) is 7.19. The number of hydrogen-bond acceptors (Lipinski definition) is 7. The number of carbonyl (C=O) groups excluding carboxylic acids is 2. The van der Waals surface area contributed by atoms with E-state index in [1.54, 1.807) is 20.9 Å². The van der Waals surface area contributed by atoms with Gasteiger partial charge in [-0.15, -0.1) is 0 Å². The van der Waals surface area contributed by atoms with Gasteiger partial charge in [-0.1, -0.05) is 0 Å². The number of likely N-dealkylation sites (N-methyl/N-ethyl adjacent to an activating group) is 1. The van der Waals surface area contributed by atoms with Crippen molar-refractivity contribution in [1.82, 2.24) is 29.7 Å². The maximum atomic E-state index is 14.5. The summed E-state index contributed by atoms with van der Waals surface area (Å²) in [5, 5.41) is 5.39. The lowest BCUT2D eigenvalue weighted by Gasteiger charge is -2.37. The molecule has 2 fully saturated rings. The molecule has 3 amide bonds. The summed E-state index contributed by atoms with van der Waals surface area (Å²) in [6, 6.07) is 2.43. The molecule has 3 aliphatic rings. The van der Waals surface area contributed by atoms with Crippen LogP contribution in [0.3, 0.4) is 0 Å². The normalized spacial score (nSPS) is 21.6. The number of hydrogen-bond donors (Lipinski definition) is 0. The molecule has 3 aliphatic heterocycles. The summed E-state index contributed by atoms with van der Waals surface area (Å²) in [6.07, 6.45) is 3.72. The van der Waals surface area contributed by atoms with Crippen LogP contribution in [0.15, 0.2) is 29.5 Å². The maximum absolute atomic E-state index is 14.5. The standard InChI is InChI=1S/C25H29F3N8O2/c1-32(2)19-4-6-35(15-19)23(37)22-20(28)14-29-24(31-22)33-7-9-34(10-8-33)25(38)36-21(3-5-30-36)16-11-17(26)13-18(27)12-16/h5,11-14,19,21H,3-4,6-10,15H2,1-2H3/t19-,21-/m0/s1. The molecule has 10 nitrogen and oxygen atoms in total. The number of likely N-dealkylation sites (tertiary alicyclic amines) is 1. The lowest BCUT2D eigenvalue weighted by Crippen LogP contribution is -2.52. The predicted octanol–water partition coefficient (Wildman–Crippen LogP) is 2.34. The summed E-state index contributed by atoms with van der Waals surface area (Å²) in [4.78, 5) is 41.6. The number of piperazine rings is 1. The Morgan fingerprint density at radius 3 is 2.34 bits per heavy atom. The van der Waals surface area contributed by atoms with Crippen molar-refractivity contribution in [1.29, 1.82) is 0 Å². The second-order valence-corrected chi connectivity index (χ2v) is 9.88. The first-order valence-electron chi connectivity index (χ1n) is 12.5. The van der Waals surface area contributed by atoms with Crippen molar-refractivity contribution in [3.05, 3.63) is 53.1 Å². The SMILES string of the molecule is CN(C)[C@H]1CCN(C(=O)c2nc(N3CCN(C(=O)N4N=CC[C@H]4c4cc(F)cc(F)c4)CC3)ncc2F)C1. The Morgan fingerprint density at radius 1 is 0.974 bits per heavy atom. The topological polar surface area (TPSA) is 88.5 Å². The highest BCUT2D eigenvalue weighted by Gasteiger charge is 2.35. The Morgan fingerprint density at radius 2 is 1.68 bits per heavy atom. The Bertz CT molecular complexity index is 1230. The first-order chi connectivity index (χ1) is 18.2. The van der Waals surface area contributed by atoms with Crippen LogP contribution in [0.5, 0.6) is 0 Å². The lowest BCUT2D eigenvalue weighted by molar-refractivity contribution is 0.0772. The van der Waals surface area contributed by atoms with Gasteiger partial charge in [0.05, 0.1) is 12.2 Å². The molecule has 0 bridgehead atoms. The van der Waals surface area contributed by atoms with Crippen LogP contribution in [0, 0.1) is 17.5 Å². The van der Waals surface area contributed by atoms with E-state index in [9.17, 15) is 22.8 Å². The van der Waals surface area contributed by atoms with Crippen molar-refractivity contribution >= 4 is 24.1 Å². The van der Waals surface area contributed by atoms with Crippen LogP contribution in [-0.4, -0.2) is 107 Å². The van der Waals surface area contributed by atoms with Crippen molar-refractivity contribution in [2.45, 2.75) is 24.9 Å². The molecule has 1 aromatic carbocycles. The molecule has 5 rings (SSSR count). The zero-order valence-corrected chi connectivity index (χ0v) is 21.2. The van der Waals surface area contributed by atoms with Crippen molar-refractivity contribution in [3.63, 3.8) is 0 Å². The van der Waals surface area contributed by atoms with Gasteiger partial charge in [0.2, 0.25) is 5.95 Å². The zero-order chi connectivity index (χ0) is 27.0. The number of anilines is 1. The minimum atomic E-state index is -0.771. The zero-order valence-electron chi connectivity index (χ0n) is 21.2. The molecule has 4 heterocycles. The van der Waals surface area contributed by atoms with Gasteiger partial charge < -0.3 is 19.6 Å². The Hall–Kier alpha value is -3.74. The number of benzene rings is 1. The van der Waals surface area contributed by atoms with Crippen LogP contribution in [0.25, 0.3) is 0 Å². The smallest absolute Gasteiger partial charge is 0.337 e. The number of halogens is 3. The molecule has 13 heteroatoms. The largest absolute Gasteiger partial charge is 0.341 e. The van der Waals surface area contributed by atoms with Crippen molar-refractivity contribution in [2.24, 2.45) is 5.10 Å². The van der Waals surface area contributed by atoms with Gasteiger partial charge in [0.1, 0.15) is 11.6 Å². The molecule has 0 radical (unpaired) electrons. The number of rotatable bonds is 4. The van der Waals surface area contributed by atoms with Gasteiger partial charge in [0.25, 0.3) is 5.91 Å². The maximum Gasteiger partial charge on any atom is 0.341 e. The number of amides is 3. The third kappa shape index (κ3) is 5.15. The average Bonchev–Trinajstić information content (AvgIpc) is 3.58. The number of carbonyl (C=O) groups is 2. The molecule has 0 aliphatic carbocycles. The average molecular weight is 531 g/mol.